The maximum Gasteiger partial charge on any atom is 0.100 e. The standard InChI is InChI=1S/C9H10BrN3/c10-7-4-8(6-12-5-7)13-3-1-2-9(13)11/h4-6,11H,1-3H2. The van der Waals surface area contributed by atoms with Crippen LogP contribution in [0.2, 0.25) is 0 Å². The van der Waals surface area contributed by atoms with Crippen LogP contribution >= 0.6 is 15.9 Å². The molecule has 1 aliphatic heterocycles. The van der Waals surface area contributed by atoms with Crippen LogP contribution in [0.15, 0.2) is 22.9 Å². The number of rotatable bonds is 1. The van der Waals surface area contributed by atoms with Gasteiger partial charge in [0.05, 0.1) is 11.9 Å². The zero-order valence-corrected chi connectivity index (χ0v) is 8.71. The van der Waals surface area contributed by atoms with Crippen molar-refractivity contribution in [2.24, 2.45) is 0 Å². The van der Waals surface area contributed by atoms with Crippen LogP contribution in [-0.2, 0) is 0 Å². The number of nitrogens with one attached hydrogen (secondary N) is 1. The van der Waals surface area contributed by atoms with E-state index in [0.29, 0.717) is 5.84 Å². The average Bonchev–Trinajstić information content (AvgIpc) is 2.51. The molecule has 2 heterocycles. The van der Waals surface area contributed by atoms with Crippen LogP contribution in [0.4, 0.5) is 5.69 Å². The molecule has 0 saturated carbocycles. The van der Waals surface area contributed by atoms with Crippen molar-refractivity contribution < 1.29 is 0 Å². The van der Waals surface area contributed by atoms with Crippen LogP contribution in [-0.4, -0.2) is 17.4 Å². The molecular formula is C9H10BrN3. The van der Waals surface area contributed by atoms with Crippen LogP contribution in [0, 0.1) is 5.41 Å². The van der Waals surface area contributed by atoms with Gasteiger partial charge in [-0.05, 0) is 28.4 Å². The fourth-order valence-corrected chi connectivity index (χ4v) is 1.86. The molecule has 1 N–H and O–H groups in total. The van der Waals surface area contributed by atoms with E-state index < -0.39 is 0 Å². The van der Waals surface area contributed by atoms with E-state index in [2.05, 4.69) is 20.9 Å². The minimum absolute atomic E-state index is 0.694. The van der Waals surface area contributed by atoms with Gasteiger partial charge < -0.3 is 4.90 Å². The zero-order chi connectivity index (χ0) is 9.26. The van der Waals surface area contributed by atoms with E-state index >= 15 is 0 Å². The molecule has 1 aromatic rings. The molecule has 1 fully saturated rings. The molecule has 0 bridgehead atoms. The summed E-state index contributed by atoms with van der Waals surface area (Å²) in [6.07, 6.45) is 5.51. The van der Waals surface area contributed by atoms with E-state index in [-0.39, 0.29) is 0 Å². The first kappa shape index (κ1) is 8.69. The molecule has 3 nitrogen and oxygen atoms in total. The Bertz CT molecular complexity index is 337. The van der Waals surface area contributed by atoms with Crippen molar-refractivity contribution in [3.05, 3.63) is 22.9 Å². The van der Waals surface area contributed by atoms with Gasteiger partial charge in [0.25, 0.3) is 0 Å². The maximum atomic E-state index is 7.70. The Kier molecular flexibility index (Phi) is 2.31. The quantitative estimate of drug-likeness (QED) is 0.818. The Morgan fingerprint density at radius 1 is 1.46 bits per heavy atom. The Morgan fingerprint density at radius 2 is 2.31 bits per heavy atom. The van der Waals surface area contributed by atoms with Crippen LogP contribution in [0.3, 0.4) is 0 Å². The van der Waals surface area contributed by atoms with Gasteiger partial charge in [-0.15, -0.1) is 0 Å². The number of halogens is 1. The number of amidine groups is 1. The summed E-state index contributed by atoms with van der Waals surface area (Å²) in [5.74, 6) is 0.694. The molecule has 0 unspecified atom stereocenters. The van der Waals surface area contributed by atoms with Crippen LogP contribution in [0.5, 0.6) is 0 Å². The first-order valence-corrected chi connectivity index (χ1v) is 5.02. The Labute approximate surface area is 85.4 Å². The molecule has 1 saturated heterocycles. The molecule has 4 heteroatoms. The summed E-state index contributed by atoms with van der Waals surface area (Å²) in [7, 11) is 0. The van der Waals surface area contributed by atoms with Gasteiger partial charge in [-0.3, -0.25) is 10.4 Å². The molecule has 0 spiro atoms. The topological polar surface area (TPSA) is 40.0 Å². The SMILES string of the molecule is N=C1CCCN1c1cncc(Br)c1. The summed E-state index contributed by atoms with van der Waals surface area (Å²) in [6.45, 7) is 0.941. The molecule has 0 amide bonds. The largest absolute Gasteiger partial charge is 0.329 e. The van der Waals surface area contributed by atoms with Gasteiger partial charge in [-0.25, -0.2) is 0 Å². The van der Waals surface area contributed by atoms with E-state index in [9.17, 15) is 0 Å². The maximum absolute atomic E-state index is 7.70. The molecule has 13 heavy (non-hydrogen) atoms. The van der Waals surface area contributed by atoms with Crippen molar-refractivity contribution in [1.82, 2.24) is 4.98 Å². The third kappa shape index (κ3) is 1.72. The smallest absolute Gasteiger partial charge is 0.100 e. The van der Waals surface area contributed by atoms with Crippen LogP contribution in [0.25, 0.3) is 0 Å². The molecule has 1 aromatic heterocycles. The molecule has 0 radical (unpaired) electrons. The summed E-state index contributed by atoms with van der Waals surface area (Å²) in [4.78, 5) is 6.08. The first-order valence-electron chi connectivity index (χ1n) is 4.23. The molecule has 0 aromatic carbocycles. The number of nitrogens with zero attached hydrogens (tertiary/aromatic N) is 2. The summed E-state index contributed by atoms with van der Waals surface area (Å²) < 4.78 is 0.963. The van der Waals surface area contributed by atoms with Crippen molar-refractivity contribution in [2.75, 3.05) is 11.4 Å². The second-order valence-corrected chi connectivity index (χ2v) is 3.98. The molecule has 1 aliphatic rings. The van der Waals surface area contributed by atoms with E-state index in [4.69, 9.17) is 5.41 Å². The minimum atomic E-state index is 0.694. The van der Waals surface area contributed by atoms with Gasteiger partial charge in [0.1, 0.15) is 5.84 Å². The monoisotopic (exact) mass is 239 g/mol. The van der Waals surface area contributed by atoms with Crippen LogP contribution < -0.4 is 4.90 Å². The Hall–Kier alpha value is -0.900. The predicted octanol–water partition coefficient (Wildman–Crippen LogP) is 2.42. The first-order chi connectivity index (χ1) is 6.27. The van der Waals surface area contributed by atoms with Gasteiger partial charge in [-0.2, -0.15) is 0 Å². The van der Waals surface area contributed by atoms with E-state index in [1.165, 1.54) is 0 Å². The van der Waals surface area contributed by atoms with Crippen molar-refractivity contribution in [2.45, 2.75) is 12.8 Å². The van der Waals surface area contributed by atoms with Gasteiger partial charge >= 0.3 is 0 Å². The fourth-order valence-electron chi connectivity index (χ4n) is 1.51. The normalized spacial score (nSPS) is 16.7. The number of hydrogen-bond donors (Lipinski definition) is 1. The minimum Gasteiger partial charge on any atom is -0.329 e. The summed E-state index contributed by atoms with van der Waals surface area (Å²) in [5, 5.41) is 7.70. The van der Waals surface area contributed by atoms with E-state index in [0.717, 1.165) is 29.5 Å². The molecule has 0 aliphatic carbocycles. The number of pyridine rings is 1. The number of aromatic nitrogens is 1. The van der Waals surface area contributed by atoms with Crippen molar-refractivity contribution in [3.8, 4) is 0 Å². The average molecular weight is 240 g/mol. The lowest BCUT2D eigenvalue weighted by molar-refractivity contribution is 0.954. The highest BCUT2D eigenvalue weighted by Crippen LogP contribution is 2.23. The lowest BCUT2D eigenvalue weighted by Crippen LogP contribution is -2.23. The van der Waals surface area contributed by atoms with Gasteiger partial charge in [-0.1, -0.05) is 0 Å². The van der Waals surface area contributed by atoms with Crippen molar-refractivity contribution in [3.63, 3.8) is 0 Å². The number of anilines is 1. The summed E-state index contributed by atoms with van der Waals surface area (Å²) in [6, 6.07) is 1.99. The molecular weight excluding hydrogens is 230 g/mol. The summed E-state index contributed by atoms with van der Waals surface area (Å²) >= 11 is 3.37. The Morgan fingerprint density at radius 3 is 2.92 bits per heavy atom. The van der Waals surface area contributed by atoms with Gasteiger partial charge in [0.15, 0.2) is 0 Å². The molecule has 0 atom stereocenters. The molecule has 2 rings (SSSR count). The van der Waals surface area contributed by atoms with E-state index in [1.54, 1.807) is 12.4 Å². The highest BCUT2D eigenvalue weighted by molar-refractivity contribution is 9.10. The highest BCUT2D eigenvalue weighted by atomic mass is 79.9. The van der Waals surface area contributed by atoms with Crippen molar-refractivity contribution >= 4 is 27.5 Å². The Balaban J connectivity index is 2.29. The number of hydrogen-bond acceptors (Lipinski definition) is 2. The second kappa shape index (κ2) is 3.46. The molecule has 68 valence electrons. The van der Waals surface area contributed by atoms with Crippen LogP contribution in [0.1, 0.15) is 12.8 Å². The third-order valence-corrected chi connectivity index (χ3v) is 2.56. The zero-order valence-electron chi connectivity index (χ0n) is 7.13. The van der Waals surface area contributed by atoms with Gasteiger partial charge in [0, 0.05) is 23.6 Å². The van der Waals surface area contributed by atoms with Gasteiger partial charge in [0.2, 0.25) is 0 Å². The third-order valence-electron chi connectivity index (χ3n) is 2.12. The lowest BCUT2D eigenvalue weighted by Gasteiger charge is -2.17. The highest BCUT2D eigenvalue weighted by Gasteiger charge is 2.18. The fraction of sp³-hybridized carbons (Fsp3) is 0.333. The lowest BCUT2D eigenvalue weighted by atomic mass is 10.4. The summed E-state index contributed by atoms with van der Waals surface area (Å²) in [5.41, 5.74) is 1.01. The van der Waals surface area contributed by atoms with E-state index in [1.807, 2.05) is 11.0 Å². The predicted molar refractivity (Wildman–Crippen MR) is 56.2 cm³/mol. The van der Waals surface area contributed by atoms with Crippen molar-refractivity contribution in [1.29, 1.82) is 5.41 Å². The second-order valence-electron chi connectivity index (χ2n) is 3.06.